The summed E-state index contributed by atoms with van der Waals surface area (Å²) in [5.74, 6) is -1.26. The molecule has 208 valence electrons. The summed E-state index contributed by atoms with van der Waals surface area (Å²) in [7, 11) is -3.60. The minimum Gasteiger partial charge on any atom is -0.548 e. The van der Waals surface area contributed by atoms with E-state index in [2.05, 4.69) is 5.32 Å². The second-order valence-corrected chi connectivity index (χ2v) is 12.3. The first kappa shape index (κ1) is 33.5. The fourth-order valence-corrected chi connectivity index (χ4v) is 6.39. The van der Waals surface area contributed by atoms with E-state index in [0.717, 1.165) is 17.5 Å². The Balaban J connectivity index is 0.00000560. The Morgan fingerprint density at radius 3 is 2.30 bits per heavy atom. The van der Waals surface area contributed by atoms with Crippen LogP contribution in [0.25, 0.3) is 11.1 Å². The van der Waals surface area contributed by atoms with Crippen LogP contribution >= 0.6 is 11.8 Å². The molecular formula is C30H35LiN2O5S2. The summed E-state index contributed by atoms with van der Waals surface area (Å²) < 4.78 is 28.1. The Morgan fingerprint density at radius 2 is 1.68 bits per heavy atom. The number of carboxylic acids is 1. The molecule has 3 rings (SSSR count). The molecule has 7 nitrogen and oxygen atoms in total. The number of hydrogen-bond acceptors (Lipinski definition) is 6. The summed E-state index contributed by atoms with van der Waals surface area (Å²) in [6.45, 7) is 3.97. The van der Waals surface area contributed by atoms with Gasteiger partial charge in [-0.2, -0.15) is 11.8 Å². The van der Waals surface area contributed by atoms with Gasteiger partial charge in [0, 0.05) is 5.56 Å². The zero-order valence-electron chi connectivity index (χ0n) is 23.6. The molecule has 10 heteroatoms. The van der Waals surface area contributed by atoms with Crippen molar-refractivity contribution < 1.29 is 42.0 Å². The maximum Gasteiger partial charge on any atom is 1.00 e. The average Bonchev–Trinajstić information content (AvgIpc) is 2.93. The molecule has 0 aromatic heterocycles. The van der Waals surface area contributed by atoms with Gasteiger partial charge in [-0.05, 0) is 78.3 Å². The number of carbonyl (C=O) groups excluding carboxylic acids is 2. The summed E-state index contributed by atoms with van der Waals surface area (Å²) in [5.41, 5.74) is 3.91. The zero-order chi connectivity index (χ0) is 28.4. The van der Waals surface area contributed by atoms with Crippen molar-refractivity contribution in [2.45, 2.75) is 45.7 Å². The van der Waals surface area contributed by atoms with Crippen molar-refractivity contribution in [1.29, 1.82) is 0 Å². The first-order chi connectivity index (χ1) is 18.7. The molecule has 0 unspecified atom stereocenters. The van der Waals surface area contributed by atoms with Crippen LogP contribution in [0.15, 0.2) is 72.8 Å². The van der Waals surface area contributed by atoms with E-state index in [0.29, 0.717) is 34.6 Å². The van der Waals surface area contributed by atoms with E-state index in [1.54, 1.807) is 36.4 Å². The number of nitrogens with zero attached hydrogens (tertiary/aromatic N) is 1. The summed E-state index contributed by atoms with van der Waals surface area (Å²) in [6, 6.07) is 20.6. The first-order valence-corrected chi connectivity index (χ1v) is 15.9. The van der Waals surface area contributed by atoms with Gasteiger partial charge in [0.1, 0.15) is 0 Å². The number of benzene rings is 3. The van der Waals surface area contributed by atoms with Gasteiger partial charge in [-0.1, -0.05) is 61.9 Å². The maximum atomic E-state index is 13.3. The summed E-state index contributed by atoms with van der Waals surface area (Å²) in [5, 5.41) is 14.3. The molecule has 1 N–H and O–H groups in total. The van der Waals surface area contributed by atoms with Gasteiger partial charge in [0.25, 0.3) is 5.91 Å². The van der Waals surface area contributed by atoms with Crippen molar-refractivity contribution in [2.75, 3.05) is 22.1 Å². The Bertz CT molecular complexity index is 1380. The van der Waals surface area contributed by atoms with Crippen LogP contribution in [0.2, 0.25) is 0 Å². The van der Waals surface area contributed by atoms with Crippen LogP contribution in [0.4, 0.5) is 5.69 Å². The van der Waals surface area contributed by atoms with E-state index in [-0.39, 0.29) is 37.6 Å². The number of unbranched alkanes of at least 4 members (excludes halogenated alkanes) is 1. The van der Waals surface area contributed by atoms with Crippen molar-refractivity contribution in [3.05, 3.63) is 89.5 Å². The molecule has 0 saturated carbocycles. The van der Waals surface area contributed by atoms with Crippen LogP contribution in [0.1, 0.15) is 47.7 Å². The number of amides is 1. The molecule has 40 heavy (non-hydrogen) atoms. The number of carboxylic acid groups (broad SMARTS) is 1. The Morgan fingerprint density at radius 1 is 1.00 bits per heavy atom. The Hall–Kier alpha value is -2.70. The van der Waals surface area contributed by atoms with Gasteiger partial charge in [-0.3, -0.25) is 9.10 Å². The molecular weight excluding hydrogens is 539 g/mol. The number of aliphatic carboxylic acids is 1. The van der Waals surface area contributed by atoms with Gasteiger partial charge >= 0.3 is 18.9 Å². The number of anilines is 1. The first-order valence-electron chi connectivity index (χ1n) is 12.9. The standard InChI is InChI=1S/C30H36N2O5S2.Li/c1-4-5-19-39(36,37)32(24-12-7-6-8-13-24)21-23-15-16-26(27(20-23)25-14-10-9-11-22(25)2)29(33)31-28(30(34)35)17-18-38-3;/h6-16,20,28H,4-5,17-19,21H2,1-3H3,(H,31,33)(H,34,35);/q;+1/p-1/t28-;/m0./s1. The van der Waals surface area contributed by atoms with Crippen LogP contribution in [-0.2, 0) is 21.4 Å². The van der Waals surface area contributed by atoms with E-state index >= 15 is 0 Å². The zero-order valence-corrected chi connectivity index (χ0v) is 25.2. The van der Waals surface area contributed by atoms with Crippen molar-refractivity contribution in [2.24, 2.45) is 0 Å². The van der Waals surface area contributed by atoms with Gasteiger partial charge in [0.15, 0.2) is 0 Å². The fraction of sp³-hybridized carbons (Fsp3) is 0.333. The number of carbonyl (C=O) groups is 2. The number of rotatable bonds is 14. The predicted molar refractivity (Wildman–Crippen MR) is 157 cm³/mol. The van der Waals surface area contributed by atoms with Gasteiger partial charge in [-0.15, -0.1) is 0 Å². The predicted octanol–water partition coefficient (Wildman–Crippen LogP) is 1.40. The van der Waals surface area contributed by atoms with Gasteiger partial charge in [0.05, 0.1) is 30.0 Å². The van der Waals surface area contributed by atoms with E-state index in [4.69, 9.17) is 0 Å². The van der Waals surface area contributed by atoms with Crippen LogP contribution in [0, 0.1) is 6.92 Å². The molecule has 3 aromatic carbocycles. The molecule has 0 aliphatic heterocycles. The van der Waals surface area contributed by atoms with Gasteiger partial charge < -0.3 is 15.2 Å². The minimum atomic E-state index is -3.60. The smallest absolute Gasteiger partial charge is 0.548 e. The quantitative estimate of drug-likeness (QED) is 0.292. The molecule has 0 saturated heterocycles. The second kappa shape index (κ2) is 15.9. The van der Waals surface area contributed by atoms with Crippen molar-refractivity contribution in [3.8, 4) is 11.1 Å². The van der Waals surface area contributed by atoms with Crippen molar-refractivity contribution >= 4 is 39.3 Å². The third kappa shape index (κ3) is 8.90. The third-order valence-corrected chi connectivity index (χ3v) is 8.89. The molecule has 1 atom stereocenters. The maximum absolute atomic E-state index is 13.3. The second-order valence-electron chi connectivity index (χ2n) is 9.33. The van der Waals surface area contributed by atoms with E-state index in [9.17, 15) is 23.1 Å². The van der Waals surface area contributed by atoms with Crippen LogP contribution < -0.4 is 33.6 Å². The number of aryl methyl sites for hydroxylation is 1. The third-order valence-electron chi connectivity index (χ3n) is 6.43. The molecule has 0 spiro atoms. The average molecular weight is 575 g/mol. The summed E-state index contributed by atoms with van der Waals surface area (Å²) >= 11 is 1.49. The monoisotopic (exact) mass is 574 g/mol. The number of sulfonamides is 1. The number of hydrogen-bond donors (Lipinski definition) is 1. The van der Waals surface area contributed by atoms with Crippen LogP contribution in [0.5, 0.6) is 0 Å². The minimum absolute atomic E-state index is 0. The molecule has 0 aliphatic carbocycles. The number of nitrogens with one attached hydrogen (secondary N) is 1. The van der Waals surface area contributed by atoms with Gasteiger partial charge in [0.2, 0.25) is 10.0 Å². The largest absolute Gasteiger partial charge is 1.00 e. The molecule has 0 aliphatic rings. The van der Waals surface area contributed by atoms with Crippen LogP contribution in [-0.4, -0.2) is 44.1 Å². The van der Waals surface area contributed by atoms with Crippen molar-refractivity contribution in [1.82, 2.24) is 5.32 Å². The van der Waals surface area contributed by atoms with E-state index in [1.165, 1.54) is 16.1 Å². The summed E-state index contributed by atoms with van der Waals surface area (Å²) in [6.07, 6.45) is 3.42. The molecule has 1 amide bonds. The molecule has 3 aromatic rings. The molecule has 0 heterocycles. The topological polar surface area (TPSA) is 107 Å². The molecule has 0 fully saturated rings. The Labute approximate surface area is 254 Å². The normalized spacial score (nSPS) is 11.8. The van der Waals surface area contributed by atoms with Gasteiger partial charge in [-0.25, -0.2) is 8.42 Å². The van der Waals surface area contributed by atoms with E-state index in [1.807, 2.05) is 56.5 Å². The fourth-order valence-electron chi connectivity index (χ4n) is 4.25. The number of para-hydroxylation sites is 1. The van der Waals surface area contributed by atoms with E-state index < -0.39 is 27.9 Å². The molecule has 0 radical (unpaired) electrons. The number of thioether (sulfide) groups is 1. The molecule has 0 bridgehead atoms. The Kier molecular flexibility index (Phi) is 13.3. The van der Waals surface area contributed by atoms with Crippen molar-refractivity contribution in [3.63, 3.8) is 0 Å². The SMILES string of the molecule is CCCCS(=O)(=O)N(Cc1ccc(C(=O)N[C@@H](CCSC)C(=O)[O-])c(-c2ccccc2C)c1)c1ccccc1.[Li+]. The summed E-state index contributed by atoms with van der Waals surface area (Å²) in [4.78, 5) is 25.0. The van der Waals surface area contributed by atoms with Crippen LogP contribution in [0.3, 0.4) is 0 Å².